The lowest BCUT2D eigenvalue weighted by atomic mass is 10.4. The van der Waals surface area contributed by atoms with Crippen molar-refractivity contribution in [1.29, 1.82) is 5.26 Å². The highest BCUT2D eigenvalue weighted by Gasteiger charge is 1.97. The molecule has 0 aliphatic carbocycles. The van der Waals surface area contributed by atoms with Crippen LogP contribution < -0.4 is 0 Å². The molecule has 0 aliphatic heterocycles. The fourth-order valence-electron chi connectivity index (χ4n) is 0.283. The highest BCUT2D eigenvalue weighted by molar-refractivity contribution is 5.90. The van der Waals surface area contributed by atoms with Gasteiger partial charge in [-0.1, -0.05) is 18.7 Å². The van der Waals surface area contributed by atoms with Crippen LogP contribution in [0.15, 0.2) is 37.5 Å². The zero-order chi connectivity index (χ0) is 11.4. The topological polar surface area (TPSA) is 70.3 Å². The zero-order valence-corrected chi connectivity index (χ0v) is 7.90. The van der Waals surface area contributed by atoms with E-state index in [1.54, 1.807) is 12.2 Å². The van der Waals surface area contributed by atoms with Gasteiger partial charge in [-0.25, -0.2) is 4.79 Å². The number of carboxylic acids is 1. The van der Waals surface area contributed by atoms with Crippen LogP contribution in [0.2, 0.25) is 0 Å². The smallest absolute Gasteiger partial charge is 0.345 e. The summed E-state index contributed by atoms with van der Waals surface area (Å²) in [6, 6.07) is 1.37. The summed E-state index contributed by atoms with van der Waals surface area (Å²) in [4.78, 5) is 9.61. The summed E-state index contributed by atoms with van der Waals surface area (Å²) in [5, 5.41) is 15.6. The summed E-state index contributed by atoms with van der Waals surface area (Å²) in [6.07, 6.45) is 3.42. The molecule has 4 nitrogen and oxygen atoms in total. The van der Waals surface area contributed by atoms with Gasteiger partial charge in [0, 0.05) is 0 Å². The molecule has 0 unspecified atom stereocenters. The number of nitriles is 1. The largest absolute Gasteiger partial charge is 0.477 e. The molecule has 0 bridgehead atoms. The maximum absolute atomic E-state index is 9.61. The number of nitrogens with zero attached hydrogens (tertiary/aromatic N) is 1. The average molecular weight is 195 g/mol. The molecule has 0 saturated heterocycles. The molecule has 14 heavy (non-hydrogen) atoms. The Bertz CT molecular complexity index is 243. The van der Waals surface area contributed by atoms with E-state index in [0.29, 0.717) is 13.2 Å². The first-order valence-corrected chi connectivity index (χ1v) is 3.72. The number of carbonyl (C=O) groups is 1. The molecule has 76 valence electrons. The van der Waals surface area contributed by atoms with Crippen molar-refractivity contribution in [2.24, 2.45) is 0 Å². The van der Waals surface area contributed by atoms with Gasteiger partial charge in [-0.2, -0.15) is 5.26 Å². The van der Waals surface area contributed by atoms with Gasteiger partial charge < -0.3 is 9.84 Å². The first-order valence-electron chi connectivity index (χ1n) is 3.72. The Morgan fingerprint density at radius 2 is 1.86 bits per heavy atom. The van der Waals surface area contributed by atoms with Crippen LogP contribution in [0.5, 0.6) is 0 Å². The number of carboxylic acid groups (broad SMARTS) is 1. The third-order valence-corrected chi connectivity index (χ3v) is 0.865. The Morgan fingerprint density at radius 3 is 2.00 bits per heavy atom. The number of aliphatic carboxylic acids is 1. The first kappa shape index (κ1) is 14.7. The Labute approximate surface area is 83.4 Å². The lowest BCUT2D eigenvalue weighted by molar-refractivity contribution is -0.132. The second kappa shape index (κ2) is 11.1. The van der Waals surface area contributed by atoms with Gasteiger partial charge in [-0.15, -0.1) is 13.2 Å². The quantitative estimate of drug-likeness (QED) is 0.312. The van der Waals surface area contributed by atoms with Crippen molar-refractivity contribution in [2.45, 2.75) is 0 Å². The number of ether oxygens (including phenoxy) is 1. The predicted octanol–water partition coefficient (Wildman–Crippen LogP) is 1.53. The Kier molecular flexibility index (Phi) is 11.7. The van der Waals surface area contributed by atoms with E-state index in [4.69, 9.17) is 15.1 Å². The molecule has 4 heteroatoms. The second-order valence-electron chi connectivity index (χ2n) is 2.01. The standard InChI is InChI=1S/C6H10O.C4H3NO2/c1-3-5-7-6-4-2;1-3(2-5)4(6)7/h3-4H,1-2,5-6H2;1H2,(H,6,7). The highest BCUT2D eigenvalue weighted by atomic mass is 16.5. The fourth-order valence-corrected chi connectivity index (χ4v) is 0.283. The summed E-state index contributed by atoms with van der Waals surface area (Å²) in [5.41, 5.74) is -0.431. The van der Waals surface area contributed by atoms with Gasteiger partial charge in [0.2, 0.25) is 0 Å². The lowest BCUT2D eigenvalue weighted by Gasteiger charge is -1.89. The molecular weight excluding hydrogens is 182 g/mol. The van der Waals surface area contributed by atoms with Crippen LogP contribution in [-0.4, -0.2) is 24.3 Å². The molecule has 0 atom stereocenters. The van der Waals surface area contributed by atoms with Crippen molar-refractivity contribution in [3.05, 3.63) is 37.5 Å². The minimum atomic E-state index is -1.26. The maximum atomic E-state index is 9.61. The average Bonchev–Trinajstić information content (AvgIpc) is 2.18. The molecule has 0 rings (SSSR count). The molecule has 0 aliphatic rings. The molecule has 1 N–H and O–H groups in total. The van der Waals surface area contributed by atoms with E-state index in [1.807, 2.05) is 0 Å². The molecule has 0 saturated carbocycles. The lowest BCUT2D eigenvalue weighted by Crippen LogP contribution is -1.94. The predicted molar refractivity (Wildman–Crippen MR) is 53.6 cm³/mol. The molecule has 0 radical (unpaired) electrons. The van der Waals surface area contributed by atoms with Crippen LogP contribution in [0.25, 0.3) is 0 Å². The normalized spacial score (nSPS) is 7.36. The number of rotatable bonds is 5. The van der Waals surface area contributed by atoms with E-state index < -0.39 is 11.5 Å². The second-order valence-corrected chi connectivity index (χ2v) is 2.01. The van der Waals surface area contributed by atoms with E-state index in [0.717, 1.165) is 0 Å². The van der Waals surface area contributed by atoms with Crippen LogP contribution in [-0.2, 0) is 9.53 Å². The van der Waals surface area contributed by atoms with Crippen molar-refractivity contribution >= 4 is 5.97 Å². The Hall–Kier alpha value is -1.86. The number of hydrogen-bond donors (Lipinski definition) is 1. The summed E-state index contributed by atoms with van der Waals surface area (Å²) >= 11 is 0. The first-order chi connectivity index (χ1) is 6.59. The van der Waals surface area contributed by atoms with Crippen LogP contribution in [0, 0.1) is 11.3 Å². The van der Waals surface area contributed by atoms with E-state index >= 15 is 0 Å². The van der Waals surface area contributed by atoms with Crippen molar-refractivity contribution in [3.63, 3.8) is 0 Å². The van der Waals surface area contributed by atoms with Gasteiger partial charge >= 0.3 is 5.97 Å². The summed E-state index contributed by atoms with van der Waals surface area (Å²) in [7, 11) is 0. The maximum Gasteiger partial charge on any atom is 0.345 e. The van der Waals surface area contributed by atoms with E-state index in [1.165, 1.54) is 6.07 Å². The van der Waals surface area contributed by atoms with Gasteiger partial charge in [0.05, 0.1) is 13.2 Å². The van der Waals surface area contributed by atoms with Crippen LogP contribution in [0.4, 0.5) is 0 Å². The van der Waals surface area contributed by atoms with Crippen molar-refractivity contribution in [1.82, 2.24) is 0 Å². The summed E-state index contributed by atoms with van der Waals surface area (Å²) < 4.78 is 4.90. The third kappa shape index (κ3) is 12.8. The molecule has 0 aromatic rings. The highest BCUT2D eigenvalue weighted by Crippen LogP contribution is 1.81. The van der Waals surface area contributed by atoms with Gasteiger partial charge in [0.25, 0.3) is 0 Å². The van der Waals surface area contributed by atoms with E-state index in [9.17, 15) is 4.79 Å². The van der Waals surface area contributed by atoms with Crippen molar-refractivity contribution < 1.29 is 14.6 Å². The summed E-state index contributed by atoms with van der Waals surface area (Å²) in [5.74, 6) is -1.26. The molecule has 0 aromatic carbocycles. The number of hydrogen-bond acceptors (Lipinski definition) is 3. The third-order valence-electron chi connectivity index (χ3n) is 0.865. The van der Waals surface area contributed by atoms with Crippen molar-refractivity contribution in [2.75, 3.05) is 13.2 Å². The molecule has 0 heterocycles. The zero-order valence-electron chi connectivity index (χ0n) is 7.90. The van der Waals surface area contributed by atoms with Crippen LogP contribution in [0.3, 0.4) is 0 Å². The van der Waals surface area contributed by atoms with Crippen LogP contribution >= 0.6 is 0 Å². The van der Waals surface area contributed by atoms with E-state index in [-0.39, 0.29) is 0 Å². The Balaban J connectivity index is 0. The van der Waals surface area contributed by atoms with Gasteiger partial charge in [-0.05, 0) is 0 Å². The van der Waals surface area contributed by atoms with Crippen LogP contribution in [0.1, 0.15) is 0 Å². The minimum absolute atomic E-state index is 0.431. The van der Waals surface area contributed by atoms with Gasteiger partial charge in [-0.3, -0.25) is 0 Å². The molecule has 0 aromatic heterocycles. The van der Waals surface area contributed by atoms with Crippen molar-refractivity contribution in [3.8, 4) is 6.07 Å². The fraction of sp³-hybridized carbons (Fsp3) is 0.200. The molecule has 0 fully saturated rings. The SMILES string of the molecule is C=C(C#N)C(=O)O.C=CCOCC=C. The molecular formula is C10H13NO3. The van der Waals surface area contributed by atoms with Gasteiger partial charge in [0.15, 0.2) is 0 Å². The monoisotopic (exact) mass is 195 g/mol. The Morgan fingerprint density at radius 1 is 1.43 bits per heavy atom. The van der Waals surface area contributed by atoms with Gasteiger partial charge in [0.1, 0.15) is 11.6 Å². The minimum Gasteiger partial charge on any atom is -0.477 e. The van der Waals surface area contributed by atoms with E-state index in [2.05, 4.69) is 19.7 Å². The summed E-state index contributed by atoms with van der Waals surface area (Å²) in [6.45, 7) is 11.1. The molecule has 0 amide bonds. The molecule has 0 spiro atoms.